The smallest absolute Gasteiger partial charge is 0.138 e. The van der Waals surface area contributed by atoms with Gasteiger partial charge in [-0.15, -0.1) is 6.42 Å². The highest BCUT2D eigenvalue weighted by Gasteiger charge is 2.00. The van der Waals surface area contributed by atoms with E-state index in [1.165, 1.54) is 0 Å². The molecule has 0 unspecified atom stereocenters. The van der Waals surface area contributed by atoms with E-state index < -0.39 is 0 Å². The first-order valence-electron chi connectivity index (χ1n) is 3.51. The van der Waals surface area contributed by atoms with Gasteiger partial charge >= 0.3 is 0 Å². The molecule has 1 aromatic rings. The summed E-state index contributed by atoms with van der Waals surface area (Å²) in [6.45, 7) is 0.351. The van der Waals surface area contributed by atoms with Crippen LogP contribution < -0.4 is 10.5 Å². The Kier molecular flexibility index (Phi) is 2.67. The number of nitrogens with zero attached hydrogens (tertiary/aromatic N) is 1. The average molecular weight is 162 g/mol. The van der Waals surface area contributed by atoms with Crippen LogP contribution in [0.5, 0.6) is 5.75 Å². The predicted octanol–water partition coefficient (Wildman–Crippen LogP) is 0.530. The van der Waals surface area contributed by atoms with Gasteiger partial charge in [-0.2, -0.15) is 0 Å². The number of methoxy groups -OCH3 is 1. The minimum absolute atomic E-state index is 0.351. The summed E-state index contributed by atoms with van der Waals surface area (Å²) in [7, 11) is 1.57. The van der Waals surface area contributed by atoms with Crippen molar-refractivity contribution in [3.8, 4) is 18.1 Å². The van der Waals surface area contributed by atoms with Gasteiger partial charge in [0.2, 0.25) is 0 Å². The molecule has 0 spiro atoms. The van der Waals surface area contributed by atoms with E-state index in [9.17, 15) is 0 Å². The summed E-state index contributed by atoms with van der Waals surface area (Å²) >= 11 is 0. The fourth-order valence-corrected chi connectivity index (χ4v) is 0.873. The number of nitrogens with two attached hydrogens (primary N) is 1. The largest absolute Gasteiger partial charge is 0.495 e. The van der Waals surface area contributed by atoms with Crippen LogP contribution >= 0.6 is 0 Å². The van der Waals surface area contributed by atoms with Crippen molar-refractivity contribution in [1.29, 1.82) is 0 Å². The van der Waals surface area contributed by atoms with Crippen LogP contribution in [0.4, 0.5) is 0 Å². The Morgan fingerprint density at radius 2 is 2.50 bits per heavy atom. The van der Waals surface area contributed by atoms with Gasteiger partial charge in [-0.05, 0) is 6.07 Å². The van der Waals surface area contributed by atoms with Crippen LogP contribution in [-0.4, -0.2) is 12.1 Å². The maximum atomic E-state index is 5.42. The lowest BCUT2D eigenvalue weighted by Crippen LogP contribution is -2.02. The van der Waals surface area contributed by atoms with E-state index in [-0.39, 0.29) is 0 Å². The molecule has 3 nitrogen and oxygen atoms in total. The second kappa shape index (κ2) is 3.74. The van der Waals surface area contributed by atoms with Crippen molar-refractivity contribution in [2.75, 3.05) is 7.11 Å². The fraction of sp³-hybridized carbons (Fsp3) is 0.222. The van der Waals surface area contributed by atoms with E-state index in [2.05, 4.69) is 10.9 Å². The number of hydrogen-bond donors (Lipinski definition) is 1. The van der Waals surface area contributed by atoms with Crippen LogP contribution in [0.3, 0.4) is 0 Å². The Morgan fingerprint density at radius 3 is 3.00 bits per heavy atom. The zero-order valence-electron chi connectivity index (χ0n) is 6.87. The van der Waals surface area contributed by atoms with Crippen LogP contribution in [-0.2, 0) is 6.54 Å². The molecule has 0 bridgehead atoms. The van der Waals surface area contributed by atoms with Gasteiger partial charge in [0.1, 0.15) is 5.75 Å². The predicted molar refractivity (Wildman–Crippen MR) is 46.6 cm³/mol. The van der Waals surface area contributed by atoms with Gasteiger partial charge in [-0.1, -0.05) is 5.92 Å². The molecule has 1 aromatic heterocycles. The van der Waals surface area contributed by atoms with Crippen LogP contribution in [0.1, 0.15) is 11.3 Å². The van der Waals surface area contributed by atoms with Crippen LogP contribution in [0, 0.1) is 12.3 Å². The third-order valence-electron chi connectivity index (χ3n) is 1.53. The molecule has 0 aliphatic heterocycles. The van der Waals surface area contributed by atoms with E-state index in [0.29, 0.717) is 17.9 Å². The van der Waals surface area contributed by atoms with E-state index in [0.717, 1.165) is 5.69 Å². The van der Waals surface area contributed by atoms with Crippen molar-refractivity contribution < 1.29 is 4.74 Å². The van der Waals surface area contributed by atoms with E-state index >= 15 is 0 Å². The highest BCUT2D eigenvalue weighted by molar-refractivity contribution is 5.40. The van der Waals surface area contributed by atoms with Crippen LogP contribution in [0.25, 0.3) is 0 Å². The zero-order chi connectivity index (χ0) is 8.97. The average Bonchev–Trinajstić information content (AvgIpc) is 2.16. The van der Waals surface area contributed by atoms with Crippen LogP contribution in [0.15, 0.2) is 12.3 Å². The first kappa shape index (κ1) is 8.57. The summed E-state index contributed by atoms with van der Waals surface area (Å²) in [5.74, 6) is 3.15. The highest BCUT2D eigenvalue weighted by Crippen LogP contribution is 2.13. The summed E-state index contributed by atoms with van der Waals surface area (Å²) in [4.78, 5) is 4.05. The third kappa shape index (κ3) is 1.55. The number of rotatable bonds is 2. The summed E-state index contributed by atoms with van der Waals surface area (Å²) in [6.07, 6.45) is 6.85. The van der Waals surface area contributed by atoms with Gasteiger partial charge in [-0.3, -0.25) is 4.98 Å². The molecular formula is C9H10N2O. The first-order valence-corrected chi connectivity index (χ1v) is 3.51. The third-order valence-corrected chi connectivity index (χ3v) is 1.53. The molecule has 0 fully saturated rings. The van der Waals surface area contributed by atoms with E-state index in [4.69, 9.17) is 16.9 Å². The minimum Gasteiger partial charge on any atom is -0.495 e. The van der Waals surface area contributed by atoms with Crippen molar-refractivity contribution in [2.24, 2.45) is 5.73 Å². The van der Waals surface area contributed by atoms with Gasteiger partial charge in [-0.25, -0.2) is 0 Å². The van der Waals surface area contributed by atoms with Crippen molar-refractivity contribution in [3.63, 3.8) is 0 Å². The molecule has 1 rings (SSSR count). The maximum absolute atomic E-state index is 5.42. The molecule has 0 aliphatic rings. The normalized spacial score (nSPS) is 9.08. The van der Waals surface area contributed by atoms with Gasteiger partial charge in [0.25, 0.3) is 0 Å². The molecule has 0 saturated heterocycles. The van der Waals surface area contributed by atoms with Crippen LogP contribution in [0.2, 0.25) is 0 Å². The lowest BCUT2D eigenvalue weighted by Gasteiger charge is -2.03. The molecule has 3 heteroatoms. The second-order valence-electron chi connectivity index (χ2n) is 2.22. The molecule has 12 heavy (non-hydrogen) atoms. The number of ether oxygens (including phenoxy) is 1. The zero-order valence-corrected chi connectivity index (χ0v) is 6.87. The quantitative estimate of drug-likeness (QED) is 0.645. The minimum atomic E-state index is 0.351. The summed E-state index contributed by atoms with van der Waals surface area (Å²) in [5, 5.41) is 0. The lowest BCUT2D eigenvalue weighted by molar-refractivity contribution is 0.412. The first-order chi connectivity index (χ1) is 5.81. The molecule has 62 valence electrons. The Morgan fingerprint density at radius 1 is 1.75 bits per heavy atom. The molecule has 0 radical (unpaired) electrons. The van der Waals surface area contributed by atoms with E-state index in [1.54, 1.807) is 19.4 Å². The monoisotopic (exact) mass is 162 g/mol. The Balaban J connectivity index is 3.13. The summed E-state index contributed by atoms with van der Waals surface area (Å²) in [6, 6.07) is 1.75. The topological polar surface area (TPSA) is 48.1 Å². The second-order valence-corrected chi connectivity index (χ2v) is 2.22. The van der Waals surface area contributed by atoms with Gasteiger partial charge in [0.15, 0.2) is 0 Å². The van der Waals surface area contributed by atoms with E-state index in [1.807, 2.05) is 0 Å². The van der Waals surface area contributed by atoms with Gasteiger partial charge < -0.3 is 10.5 Å². The number of aromatic nitrogens is 1. The molecule has 0 aliphatic carbocycles. The molecule has 1 heterocycles. The van der Waals surface area contributed by atoms with Gasteiger partial charge in [0, 0.05) is 6.54 Å². The molecule has 0 aromatic carbocycles. The molecule has 2 N–H and O–H groups in total. The summed E-state index contributed by atoms with van der Waals surface area (Å²) < 4.78 is 4.96. The van der Waals surface area contributed by atoms with Gasteiger partial charge in [0.05, 0.1) is 24.6 Å². The SMILES string of the molecule is C#Cc1cc(OC)cnc1CN. The molecular weight excluding hydrogens is 152 g/mol. The number of terminal acetylenes is 1. The maximum Gasteiger partial charge on any atom is 0.138 e. The standard InChI is InChI=1S/C9H10N2O/c1-3-7-4-8(12-2)6-11-9(7)5-10/h1,4,6H,5,10H2,2H3. The van der Waals surface area contributed by atoms with Crippen molar-refractivity contribution in [2.45, 2.75) is 6.54 Å². The Bertz CT molecular complexity index is 315. The summed E-state index contributed by atoms with van der Waals surface area (Å²) in [5.41, 5.74) is 6.83. The Hall–Kier alpha value is -1.53. The molecule has 0 saturated carbocycles. The fourth-order valence-electron chi connectivity index (χ4n) is 0.873. The Labute approximate surface area is 71.6 Å². The number of pyridine rings is 1. The molecule has 0 amide bonds. The van der Waals surface area contributed by atoms with Crippen molar-refractivity contribution >= 4 is 0 Å². The van der Waals surface area contributed by atoms with Crippen molar-refractivity contribution in [1.82, 2.24) is 4.98 Å². The highest BCUT2D eigenvalue weighted by atomic mass is 16.5. The van der Waals surface area contributed by atoms with Crippen molar-refractivity contribution in [3.05, 3.63) is 23.5 Å². The lowest BCUT2D eigenvalue weighted by atomic mass is 10.2. The molecule has 0 atom stereocenters. The number of hydrogen-bond acceptors (Lipinski definition) is 3.